The van der Waals surface area contributed by atoms with Crippen molar-refractivity contribution in [2.24, 2.45) is 5.92 Å². The summed E-state index contributed by atoms with van der Waals surface area (Å²) >= 11 is 0. The molecule has 2 fully saturated rings. The normalized spacial score (nSPS) is 22.5. The van der Waals surface area contributed by atoms with Crippen LogP contribution < -0.4 is 4.90 Å². The fourth-order valence-electron chi connectivity index (χ4n) is 3.33. The first kappa shape index (κ1) is 17.2. The van der Waals surface area contributed by atoms with E-state index in [0.717, 1.165) is 29.9 Å². The number of amides is 1. The lowest BCUT2D eigenvalue weighted by Gasteiger charge is -2.36. The zero-order valence-electron chi connectivity index (χ0n) is 14.8. The van der Waals surface area contributed by atoms with Crippen LogP contribution in [0.5, 0.6) is 0 Å². The van der Waals surface area contributed by atoms with E-state index >= 15 is 0 Å². The second-order valence-corrected chi connectivity index (χ2v) is 6.82. The van der Waals surface area contributed by atoms with Gasteiger partial charge in [0, 0.05) is 51.2 Å². The standard InChI is InChI=1S/C18H27N3O3/c1-13-10-15(20(2)3)11-16(19-13)17-12-21(6-9-24-17)18(22)14-4-7-23-8-5-14/h10-11,14,17H,4-9,12H2,1-3H3/t17-/m0/s1. The quantitative estimate of drug-likeness (QED) is 0.844. The van der Waals surface area contributed by atoms with Gasteiger partial charge in [0.2, 0.25) is 5.91 Å². The van der Waals surface area contributed by atoms with Crippen molar-refractivity contribution in [3.8, 4) is 0 Å². The number of carbonyl (C=O) groups is 1. The third-order valence-electron chi connectivity index (χ3n) is 4.75. The highest BCUT2D eigenvalue weighted by Crippen LogP contribution is 2.27. The highest BCUT2D eigenvalue weighted by atomic mass is 16.5. The molecule has 1 aromatic rings. The summed E-state index contributed by atoms with van der Waals surface area (Å²) < 4.78 is 11.3. The molecule has 0 radical (unpaired) electrons. The highest BCUT2D eigenvalue weighted by Gasteiger charge is 2.31. The molecule has 0 bridgehead atoms. The van der Waals surface area contributed by atoms with Crippen LogP contribution in [0, 0.1) is 12.8 Å². The lowest BCUT2D eigenvalue weighted by Crippen LogP contribution is -2.46. The average molecular weight is 333 g/mol. The number of carbonyl (C=O) groups excluding carboxylic acids is 1. The largest absolute Gasteiger partial charge is 0.381 e. The maximum Gasteiger partial charge on any atom is 0.226 e. The Kier molecular flexibility index (Phi) is 5.36. The van der Waals surface area contributed by atoms with Gasteiger partial charge in [-0.3, -0.25) is 9.78 Å². The highest BCUT2D eigenvalue weighted by molar-refractivity contribution is 5.79. The van der Waals surface area contributed by atoms with Crippen LogP contribution in [0.25, 0.3) is 0 Å². The Bertz CT molecular complexity index is 585. The van der Waals surface area contributed by atoms with E-state index in [0.29, 0.717) is 32.9 Å². The topological polar surface area (TPSA) is 54.9 Å². The second kappa shape index (κ2) is 7.49. The first-order chi connectivity index (χ1) is 11.5. The molecule has 0 aromatic carbocycles. The molecule has 0 unspecified atom stereocenters. The lowest BCUT2D eigenvalue weighted by molar-refractivity contribution is -0.146. The molecule has 3 rings (SSSR count). The summed E-state index contributed by atoms with van der Waals surface area (Å²) in [6.45, 7) is 5.18. The molecule has 6 nitrogen and oxygen atoms in total. The molecule has 0 saturated carbocycles. The van der Waals surface area contributed by atoms with Crippen LogP contribution in [0.4, 0.5) is 5.69 Å². The van der Waals surface area contributed by atoms with E-state index in [1.165, 1.54) is 0 Å². The molecule has 24 heavy (non-hydrogen) atoms. The number of rotatable bonds is 3. The molecule has 1 aromatic heterocycles. The number of aryl methyl sites for hydroxylation is 1. The van der Waals surface area contributed by atoms with E-state index < -0.39 is 0 Å². The van der Waals surface area contributed by atoms with Crippen molar-refractivity contribution in [1.82, 2.24) is 9.88 Å². The molecule has 2 aliphatic rings. The van der Waals surface area contributed by atoms with Gasteiger partial charge in [0.25, 0.3) is 0 Å². The number of ether oxygens (including phenoxy) is 2. The third kappa shape index (κ3) is 3.87. The smallest absolute Gasteiger partial charge is 0.226 e. The van der Waals surface area contributed by atoms with Crippen molar-refractivity contribution in [1.29, 1.82) is 0 Å². The summed E-state index contributed by atoms with van der Waals surface area (Å²) in [5.41, 5.74) is 2.98. The number of hydrogen-bond acceptors (Lipinski definition) is 5. The van der Waals surface area contributed by atoms with Crippen LogP contribution in [-0.4, -0.2) is 62.8 Å². The van der Waals surface area contributed by atoms with Gasteiger partial charge in [0.15, 0.2) is 0 Å². The predicted octanol–water partition coefficient (Wildman–Crippen LogP) is 1.78. The summed E-state index contributed by atoms with van der Waals surface area (Å²) in [6, 6.07) is 4.11. The molecular weight excluding hydrogens is 306 g/mol. The third-order valence-corrected chi connectivity index (χ3v) is 4.75. The van der Waals surface area contributed by atoms with E-state index in [1.807, 2.05) is 25.9 Å². The molecule has 1 amide bonds. The maximum atomic E-state index is 12.8. The van der Waals surface area contributed by atoms with Gasteiger partial charge in [-0.15, -0.1) is 0 Å². The minimum absolute atomic E-state index is 0.0975. The molecular formula is C18H27N3O3. The van der Waals surface area contributed by atoms with Crippen LogP contribution >= 0.6 is 0 Å². The Morgan fingerprint density at radius 2 is 2.00 bits per heavy atom. The van der Waals surface area contributed by atoms with Gasteiger partial charge < -0.3 is 19.3 Å². The molecule has 2 aliphatic heterocycles. The molecule has 0 spiro atoms. The van der Waals surface area contributed by atoms with Crippen molar-refractivity contribution >= 4 is 11.6 Å². The Morgan fingerprint density at radius 3 is 2.71 bits per heavy atom. The first-order valence-electron chi connectivity index (χ1n) is 8.68. The fourth-order valence-corrected chi connectivity index (χ4v) is 3.33. The minimum atomic E-state index is -0.152. The van der Waals surface area contributed by atoms with E-state index in [2.05, 4.69) is 22.0 Å². The number of anilines is 1. The van der Waals surface area contributed by atoms with Crippen LogP contribution in [-0.2, 0) is 14.3 Å². The van der Waals surface area contributed by atoms with Crippen LogP contribution in [0.3, 0.4) is 0 Å². The summed E-state index contributed by atoms with van der Waals surface area (Å²) in [5, 5.41) is 0. The molecule has 132 valence electrons. The summed E-state index contributed by atoms with van der Waals surface area (Å²) in [7, 11) is 4.03. The van der Waals surface area contributed by atoms with E-state index in [9.17, 15) is 4.79 Å². The molecule has 0 N–H and O–H groups in total. The van der Waals surface area contributed by atoms with Gasteiger partial charge in [0.1, 0.15) is 6.10 Å². The lowest BCUT2D eigenvalue weighted by atomic mass is 9.98. The van der Waals surface area contributed by atoms with E-state index in [-0.39, 0.29) is 17.9 Å². The SMILES string of the molecule is Cc1cc(N(C)C)cc([C@@H]2CN(C(=O)C3CCOCC3)CCO2)n1. The Labute approximate surface area is 143 Å². The zero-order chi connectivity index (χ0) is 17.1. The van der Waals surface area contributed by atoms with Crippen LogP contribution in [0.2, 0.25) is 0 Å². The van der Waals surface area contributed by atoms with Gasteiger partial charge >= 0.3 is 0 Å². The number of nitrogens with zero attached hydrogens (tertiary/aromatic N) is 3. The van der Waals surface area contributed by atoms with Gasteiger partial charge in [0.05, 0.1) is 18.8 Å². The summed E-state index contributed by atoms with van der Waals surface area (Å²) in [6.07, 6.45) is 1.50. The molecule has 6 heteroatoms. The van der Waals surface area contributed by atoms with E-state index in [4.69, 9.17) is 9.47 Å². The second-order valence-electron chi connectivity index (χ2n) is 6.82. The van der Waals surface area contributed by atoms with Gasteiger partial charge in [-0.05, 0) is 31.9 Å². The van der Waals surface area contributed by atoms with E-state index in [1.54, 1.807) is 0 Å². The summed E-state index contributed by atoms with van der Waals surface area (Å²) in [5.74, 6) is 0.340. The molecule has 1 atom stereocenters. The van der Waals surface area contributed by atoms with Crippen LogP contribution in [0.1, 0.15) is 30.3 Å². The molecule has 0 aliphatic carbocycles. The number of aromatic nitrogens is 1. The summed E-state index contributed by atoms with van der Waals surface area (Å²) in [4.78, 5) is 21.4. The number of pyridine rings is 1. The monoisotopic (exact) mass is 333 g/mol. The Hall–Kier alpha value is -1.66. The predicted molar refractivity (Wildman–Crippen MR) is 92.1 cm³/mol. The average Bonchev–Trinajstić information content (AvgIpc) is 2.61. The van der Waals surface area contributed by atoms with Crippen molar-refractivity contribution in [3.63, 3.8) is 0 Å². The van der Waals surface area contributed by atoms with Crippen molar-refractivity contribution in [3.05, 3.63) is 23.5 Å². The fraction of sp³-hybridized carbons (Fsp3) is 0.667. The van der Waals surface area contributed by atoms with Gasteiger partial charge in [-0.1, -0.05) is 0 Å². The number of hydrogen-bond donors (Lipinski definition) is 0. The molecule has 3 heterocycles. The number of morpholine rings is 1. The van der Waals surface area contributed by atoms with Gasteiger partial charge in [-0.25, -0.2) is 0 Å². The Balaban J connectivity index is 1.72. The first-order valence-corrected chi connectivity index (χ1v) is 8.68. The van der Waals surface area contributed by atoms with Crippen molar-refractivity contribution < 1.29 is 14.3 Å². The zero-order valence-corrected chi connectivity index (χ0v) is 14.8. The van der Waals surface area contributed by atoms with Crippen molar-refractivity contribution in [2.45, 2.75) is 25.9 Å². The maximum absolute atomic E-state index is 12.8. The van der Waals surface area contributed by atoms with Crippen molar-refractivity contribution in [2.75, 3.05) is 51.9 Å². The minimum Gasteiger partial charge on any atom is -0.381 e. The molecule has 2 saturated heterocycles. The Morgan fingerprint density at radius 1 is 1.25 bits per heavy atom. The van der Waals surface area contributed by atoms with Crippen LogP contribution in [0.15, 0.2) is 12.1 Å². The van der Waals surface area contributed by atoms with Gasteiger partial charge in [-0.2, -0.15) is 0 Å².